The molecule has 1 unspecified atom stereocenters. The number of aromatic nitrogens is 2. The van der Waals surface area contributed by atoms with Crippen LogP contribution in [0.1, 0.15) is 17.6 Å². The van der Waals surface area contributed by atoms with E-state index in [0.29, 0.717) is 42.4 Å². The number of carboxylic acid groups (broad SMARTS) is 1. The molecule has 0 spiro atoms. The van der Waals surface area contributed by atoms with Gasteiger partial charge in [-0.25, -0.2) is 4.98 Å². The summed E-state index contributed by atoms with van der Waals surface area (Å²) in [6, 6.07) is -0.700. The summed E-state index contributed by atoms with van der Waals surface area (Å²) in [6.45, 7) is 4.15. The van der Waals surface area contributed by atoms with Crippen LogP contribution in [0, 0.1) is 6.92 Å². The van der Waals surface area contributed by atoms with Crippen molar-refractivity contribution in [3.05, 3.63) is 16.1 Å². The van der Waals surface area contributed by atoms with Gasteiger partial charge in [0.05, 0.1) is 18.9 Å². The van der Waals surface area contributed by atoms with Crippen molar-refractivity contribution in [3.63, 3.8) is 0 Å². The third-order valence-corrected chi connectivity index (χ3v) is 3.33. The molecular weight excluding hydrogens is 290 g/mol. The zero-order chi connectivity index (χ0) is 12.4. The predicted molar refractivity (Wildman–Crippen MR) is 63.8 cm³/mol. The van der Waals surface area contributed by atoms with Gasteiger partial charge in [0, 0.05) is 13.1 Å². The fraction of sp³-hybridized carbons (Fsp3) is 0.600. The van der Waals surface area contributed by atoms with Crippen LogP contribution in [-0.4, -0.2) is 52.2 Å². The van der Waals surface area contributed by atoms with E-state index in [0.717, 1.165) is 0 Å². The third-order valence-electron chi connectivity index (χ3n) is 2.72. The van der Waals surface area contributed by atoms with E-state index in [-0.39, 0.29) is 0 Å². The lowest BCUT2D eigenvalue weighted by atomic mass is 10.2. The Morgan fingerprint density at radius 1 is 1.59 bits per heavy atom. The van der Waals surface area contributed by atoms with Gasteiger partial charge in [-0.05, 0) is 22.9 Å². The summed E-state index contributed by atoms with van der Waals surface area (Å²) in [5, 5.41) is 9.36. The van der Waals surface area contributed by atoms with E-state index < -0.39 is 12.0 Å². The second kappa shape index (κ2) is 5.16. The third kappa shape index (κ3) is 2.67. The lowest BCUT2D eigenvalue weighted by Gasteiger charge is -2.31. The highest BCUT2D eigenvalue weighted by Gasteiger charge is 2.32. The van der Waals surface area contributed by atoms with Gasteiger partial charge in [-0.2, -0.15) is 0 Å². The number of hydrogen-bond acceptors (Lipinski definition) is 4. The van der Waals surface area contributed by atoms with Crippen LogP contribution in [0.4, 0.5) is 0 Å². The molecule has 0 radical (unpaired) electrons. The van der Waals surface area contributed by atoms with Crippen molar-refractivity contribution < 1.29 is 14.6 Å². The van der Waals surface area contributed by atoms with E-state index in [1.165, 1.54) is 0 Å². The lowest BCUT2D eigenvalue weighted by Crippen LogP contribution is -2.42. The van der Waals surface area contributed by atoms with Gasteiger partial charge < -0.3 is 14.8 Å². The number of ether oxygens (including phenoxy) is 1. The van der Waals surface area contributed by atoms with Gasteiger partial charge in [0.2, 0.25) is 0 Å². The molecule has 0 aromatic carbocycles. The molecule has 94 valence electrons. The Hall–Kier alpha value is -0.920. The summed E-state index contributed by atoms with van der Waals surface area (Å²) in [5.74, 6) is -0.178. The zero-order valence-electron chi connectivity index (χ0n) is 9.44. The first kappa shape index (κ1) is 12.5. The summed E-state index contributed by atoms with van der Waals surface area (Å²) >= 11 is 3.29. The highest BCUT2D eigenvalue weighted by molar-refractivity contribution is 9.10. The van der Waals surface area contributed by atoms with E-state index in [4.69, 9.17) is 4.74 Å². The maximum Gasteiger partial charge on any atom is 0.327 e. The molecule has 1 atom stereocenters. The highest BCUT2D eigenvalue weighted by Crippen LogP contribution is 2.26. The van der Waals surface area contributed by atoms with E-state index in [1.54, 1.807) is 6.92 Å². The second-order valence-corrected chi connectivity index (χ2v) is 4.67. The van der Waals surface area contributed by atoms with Crippen LogP contribution in [0.3, 0.4) is 0 Å². The first-order valence-corrected chi connectivity index (χ1v) is 6.15. The van der Waals surface area contributed by atoms with Gasteiger partial charge in [0.1, 0.15) is 10.4 Å². The topological polar surface area (TPSA) is 78.4 Å². The Labute approximate surface area is 107 Å². The molecule has 1 aliphatic rings. The standard InChI is InChI=1S/C10H14BrN3O3/c1-6-12-7(9(11)13-6)8(10(15)16)14-2-4-17-5-3-14/h8H,2-5H2,1H3,(H,12,13)(H,15,16). The molecule has 1 aliphatic heterocycles. The van der Waals surface area contributed by atoms with Crippen molar-refractivity contribution in [3.8, 4) is 0 Å². The maximum atomic E-state index is 11.4. The monoisotopic (exact) mass is 303 g/mol. The Morgan fingerprint density at radius 2 is 2.24 bits per heavy atom. The van der Waals surface area contributed by atoms with Crippen molar-refractivity contribution in [2.45, 2.75) is 13.0 Å². The van der Waals surface area contributed by atoms with Crippen molar-refractivity contribution in [2.75, 3.05) is 26.3 Å². The molecule has 1 fully saturated rings. The van der Waals surface area contributed by atoms with Crippen LogP contribution in [0.5, 0.6) is 0 Å². The summed E-state index contributed by atoms with van der Waals surface area (Å²) in [7, 11) is 0. The number of aryl methyl sites for hydroxylation is 1. The number of carbonyl (C=O) groups is 1. The summed E-state index contributed by atoms with van der Waals surface area (Å²) in [4.78, 5) is 20.4. The Balaban J connectivity index is 2.28. The molecule has 6 nitrogen and oxygen atoms in total. The fourth-order valence-corrected chi connectivity index (χ4v) is 2.54. The summed E-state index contributed by atoms with van der Waals surface area (Å²) in [5.41, 5.74) is 0.594. The minimum atomic E-state index is -0.878. The molecule has 7 heteroatoms. The van der Waals surface area contributed by atoms with Gasteiger partial charge in [0.15, 0.2) is 6.04 Å². The van der Waals surface area contributed by atoms with Gasteiger partial charge >= 0.3 is 5.97 Å². The van der Waals surface area contributed by atoms with E-state index >= 15 is 0 Å². The van der Waals surface area contributed by atoms with Gasteiger partial charge in [-0.15, -0.1) is 0 Å². The van der Waals surface area contributed by atoms with Crippen molar-refractivity contribution >= 4 is 21.9 Å². The number of carboxylic acids is 1. The Bertz CT molecular complexity index is 415. The fourth-order valence-electron chi connectivity index (χ4n) is 1.96. The van der Waals surface area contributed by atoms with Crippen LogP contribution in [-0.2, 0) is 9.53 Å². The number of morpholine rings is 1. The average molecular weight is 304 g/mol. The van der Waals surface area contributed by atoms with Crippen LogP contribution in [0.25, 0.3) is 0 Å². The number of aromatic amines is 1. The maximum absolute atomic E-state index is 11.4. The first-order valence-electron chi connectivity index (χ1n) is 5.36. The zero-order valence-corrected chi connectivity index (χ0v) is 11.0. The molecular formula is C10H14BrN3O3. The smallest absolute Gasteiger partial charge is 0.327 e. The molecule has 0 amide bonds. The van der Waals surface area contributed by atoms with Crippen molar-refractivity contribution in [1.82, 2.24) is 14.9 Å². The molecule has 2 heterocycles. The lowest BCUT2D eigenvalue weighted by molar-refractivity contribution is -0.145. The molecule has 0 saturated carbocycles. The highest BCUT2D eigenvalue weighted by atomic mass is 79.9. The molecule has 1 saturated heterocycles. The number of hydrogen-bond donors (Lipinski definition) is 2. The SMILES string of the molecule is Cc1nc(Br)c(C(C(=O)O)N2CCOCC2)[nH]1. The van der Waals surface area contributed by atoms with Gasteiger partial charge in [0.25, 0.3) is 0 Å². The number of rotatable bonds is 3. The van der Waals surface area contributed by atoms with Crippen LogP contribution in [0.15, 0.2) is 4.60 Å². The number of nitrogens with zero attached hydrogens (tertiary/aromatic N) is 2. The number of halogens is 1. The number of aliphatic carboxylic acids is 1. The van der Waals surface area contributed by atoms with E-state index in [9.17, 15) is 9.90 Å². The van der Waals surface area contributed by atoms with Crippen molar-refractivity contribution in [2.24, 2.45) is 0 Å². The molecule has 1 aromatic rings. The average Bonchev–Trinajstić information content (AvgIpc) is 2.59. The normalized spacial score (nSPS) is 19.2. The molecule has 17 heavy (non-hydrogen) atoms. The second-order valence-electron chi connectivity index (χ2n) is 3.92. The molecule has 2 N–H and O–H groups in total. The summed E-state index contributed by atoms with van der Waals surface area (Å²) in [6.07, 6.45) is 0. The molecule has 0 aliphatic carbocycles. The number of imidazole rings is 1. The molecule has 0 bridgehead atoms. The van der Waals surface area contributed by atoms with Crippen LogP contribution < -0.4 is 0 Å². The van der Waals surface area contributed by atoms with Gasteiger partial charge in [-0.3, -0.25) is 9.69 Å². The van der Waals surface area contributed by atoms with Crippen molar-refractivity contribution in [1.29, 1.82) is 0 Å². The van der Waals surface area contributed by atoms with E-state index in [1.807, 2.05) is 4.90 Å². The van der Waals surface area contributed by atoms with E-state index in [2.05, 4.69) is 25.9 Å². The first-order chi connectivity index (χ1) is 8.09. The van der Waals surface area contributed by atoms with Crippen LogP contribution >= 0.6 is 15.9 Å². The Morgan fingerprint density at radius 3 is 2.71 bits per heavy atom. The quantitative estimate of drug-likeness (QED) is 0.869. The van der Waals surface area contributed by atoms with Crippen LogP contribution in [0.2, 0.25) is 0 Å². The molecule has 2 rings (SSSR count). The largest absolute Gasteiger partial charge is 0.480 e. The van der Waals surface area contributed by atoms with Gasteiger partial charge in [-0.1, -0.05) is 0 Å². The summed E-state index contributed by atoms with van der Waals surface area (Å²) < 4.78 is 5.79. The number of nitrogens with one attached hydrogen (secondary N) is 1. The minimum Gasteiger partial charge on any atom is -0.480 e. The Kier molecular flexibility index (Phi) is 3.80. The predicted octanol–water partition coefficient (Wildman–Crippen LogP) is 0.939. The minimum absolute atomic E-state index is 0.564. The molecule has 1 aromatic heterocycles. The number of H-pyrrole nitrogens is 1.